The largest absolute Gasteiger partial charge is 0.469 e. The zero-order valence-electron chi connectivity index (χ0n) is 17.6. The minimum atomic E-state index is -0.974. The highest BCUT2D eigenvalue weighted by Gasteiger charge is 2.24. The first kappa shape index (κ1) is 22.2. The number of benzene rings is 2. The van der Waals surface area contributed by atoms with Crippen molar-refractivity contribution in [2.75, 3.05) is 5.32 Å². The number of carbonyl (C=O) groups excluding carboxylic acids is 1. The fraction of sp³-hybridized carbons (Fsp3) is 0.136. The topological polar surface area (TPSA) is 116 Å². The quantitative estimate of drug-likeness (QED) is 0.231. The van der Waals surface area contributed by atoms with Crippen LogP contribution in [0.25, 0.3) is 17.1 Å². The van der Waals surface area contributed by atoms with Gasteiger partial charge in [-0.05, 0) is 44.2 Å². The number of hydrogen-bond acceptors (Lipinski definition) is 7. The van der Waals surface area contributed by atoms with E-state index in [2.05, 4.69) is 15.5 Å². The van der Waals surface area contributed by atoms with E-state index >= 15 is 0 Å². The van der Waals surface area contributed by atoms with E-state index in [-0.39, 0.29) is 5.69 Å². The second kappa shape index (κ2) is 9.25. The van der Waals surface area contributed by atoms with Gasteiger partial charge in [0.2, 0.25) is 11.7 Å². The number of carbonyl (C=O) groups is 1. The normalized spacial score (nSPS) is 11.8. The molecule has 0 bridgehead atoms. The Balaban J connectivity index is 1.61. The van der Waals surface area contributed by atoms with Crippen LogP contribution in [0, 0.1) is 22.9 Å². The average molecular weight is 467 g/mol. The van der Waals surface area contributed by atoms with Gasteiger partial charge in [0.05, 0.1) is 22.0 Å². The molecule has 0 aliphatic heterocycles. The molecule has 0 aliphatic rings. The van der Waals surface area contributed by atoms with Crippen molar-refractivity contribution in [3.8, 4) is 17.1 Å². The third-order valence-corrected chi connectivity index (χ3v) is 5.85. The van der Waals surface area contributed by atoms with E-state index in [1.165, 1.54) is 17.8 Å². The van der Waals surface area contributed by atoms with Gasteiger partial charge in [-0.1, -0.05) is 30.0 Å². The summed E-state index contributed by atoms with van der Waals surface area (Å²) in [7, 11) is 0. The third-order valence-electron chi connectivity index (χ3n) is 4.81. The minimum absolute atomic E-state index is 0.125. The van der Waals surface area contributed by atoms with E-state index in [0.29, 0.717) is 16.7 Å². The Morgan fingerprint density at radius 1 is 1.21 bits per heavy atom. The van der Waals surface area contributed by atoms with E-state index in [1.54, 1.807) is 19.3 Å². The summed E-state index contributed by atoms with van der Waals surface area (Å²) in [6, 6.07) is 14.4. The van der Waals surface area contributed by atoms with Crippen molar-refractivity contribution in [1.29, 1.82) is 0 Å². The molecular weight excluding hydrogens is 449 g/mol. The molecule has 1 N–H and O–H groups in total. The summed E-state index contributed by atoms with van der Waals surface area (Å²) < 4.78 is 20.8. The molecule has 2 heterocycles. The van der Waals surface area contributed by atoms with Crippen molar-refractivity contribution >= 4 is 29.0 Å². The molecule has 0 fully saturated rings. The van der Waals surface area contributed by atoms with Crippen LogP contribution in [0.5, 0.6) is 0 Å². The highest BCUT2D eigenvalue weighted by Crippen LogP contribution is 2.32. The molecule has 0 radical (unpaired) electrons. The maximum absolute atomic E-state index is 13.6. The lowest BCUT2D eigenvalue weighted by molar-refractivity contribution is -0.387. The van der Waals surface area contributed by atoms with Crippen LogP contribution in [0.3, 0.4) is 0 Å². The number of nitrogens with zero attached hydrogens (tertiary/aromatic N) is 4. The van der Waals surface area contributed by atoms with Gasteiger partial charge in [0, 0.05) is 17.4 Å². The molecule has 168 valence electrons. The summed E-state index contributed by atoms with van der Waals surface area (Å²) in [5.41, 5.74) is 0.994. The van der Waals surface area contributed by atoms with E-state index in [1.807, 2.05) is 41.8 Å². The Morgan fingerprint density at radius 3 is 2.64 bits per heavy atom. The fourth-order valence-electron chi connectivity index (χ4n) is 3.13. The summed E-state index contributed by atoms with van der Waals surface area (Å²) in [6.45, 7) is 3.49. The van der Waals surface area contributed by atoms with Gasteiger partial charge in [-0.15, -0.1) is 10.2 Å². The Bertz CT molecular complexity index is 1320. The first-order valence-electron chi connectivity index (χ1n) is 9.82. The maximum atomic E-state index is 13.6. The lowest BCUT2D eigenvalue weighted by atomic mass is 10.2. The summed E-state index contributed by atoms with van der Waals surface area (Å²) in [4.78, 5) is 22.9. The molecule has 1 amide bonds. The molecule has 0 aliphatic carbocycles. The monoisotopic (exact) mass is 467 g/mol. The van der Waals surface area contributed by atoms with E-state index in [9.17, 15) is 19.3 Å². The van der Waals surface area contributed by atoms with Crippen molar-refractivity contribution < 1.29 is 18.5 Å². The summed E-state index contributed by atoms with van der Waals surface area (Å²) in [5.74, 6) is -0.153. The molecule has 4 rings (SSSR count). The standard InChI is InChI=1S/C22H18FN5O4S/c1-13-17(10-11-32-13)20-25-26-22(27(20)16-6-4-3-5-7-16)33-14(2)21(29)24-15-8-9-18(23)19(12-15)28(30)31/h3-12,14H,1-2H3,(H,24,29). The van der Waals surface area contributed by atoms with Gasteiger partial charge < -0.3 is 9.73 Å². The molecule has 0 saturated carbocycles. The van der Waals surface area contributed by atoms with E-state index < -0.39 is 27.6 Å². The second-order valence-corrected chi connectivity index (χ2v) is 8.35. The predicted octanol–water partition coefficient (Wildman–Crippen LogP) is 5.00. The molecule has 2 aromatic carbocycles. The fourth-order valence-corrected chi connectivity index (χ4v) is 4.00. The van der Waals surface area contributed by atoms with Crippen LogP contribution >= 0.6 is 11.8 Å². The molecule has 2 aromatic heterocycles. The Kier molecular flexibility index (Phi) is 6.22. The van der Waals surface area contributed by atoms with Crippen molar-refractivity contribution in [1.82, 2.24) is 14.8 Å². The number of nitrogens with one attached hydrogen (secondary N) is 1. The highest BCUT2D eigenvalue weighted by molar-refractivity contribution is 8.00. The zero-order valence-corrected chi connectivity index (χ0v) is 18.4. The highest BCUT2D eigenvalue weighted by atomic mass is 32.2. The van der Waals surface area contributed by atoms with Gasteiger partial charge >= 0.3 is 5.69 Å². The summed E-state index contributed by atoms with van der Waals surface area (Å²) >= 11 is 1.17. The Hall–Kier alpha value is -3.99. The number of hydrogen-bond donors (Lipinski definition) is 1. The molecule has 4 aromatic rings. The van der Waals surface area contributed by atoms with Gasteiger partial charge in [0.15, 0.2) is 11.0 Å². The van der Waals surface area contributed by atoms with Crippen molar-refractivity contribution in [3.05, 3.63) is 82.6 Å². The number of rotatable bonds is 7. The Labute approximate surface area is 191 Å². The smallest absolute Gasteiger partial charge is 0.306 e. The van der Waals surface area contributed by atoms with Crippen LogP contribution in [0.1, 0.15) is 12.7 Å². The average Bonchev–Trinajstić information content (AvgIpc) is 3.41. The number of nitro groups is 1. The zero-order chi connectivity index (χ0) is 23.5. The van der Waals surface area contributed by atoms with Crippen LogP contribution in [0.15, 0.2) is 70.4 Å². The number of halogens is 1. The molecule has 1 unspecified atom stereocenters. The van der Waals surface area contributed by atoms with E-state index in [0.717, 1.165) is 23.4 Å². The van der Waals surface area contributed by atoms with E-state index in [4.69, 9.17) is 4.42 Å². The molecule has 1 atom stereocenters. The van der Waals surface area contributed by atoms with Crippen LogP contribution in [-0.4, -0.2) is 30.8 Å². The number of para-hydroxylation sites is 1. The molecule has 0 saturated heterocycles. The maximum Gasteiger partial charge on any atom is 0.306 e. The van der Waals surface area contributed by atoms with Crippen LogP contribution in [0.4, 0.5) is 15.8 Å². The van der Waals surface area contributed by atoms with Crippen LogP contribution in [-0.2, 0) is 4.79 Å². The molecule has 11 heteroatoms. The molecule has 9 nitrogen and oxygen atoms in total. The predicted molar refractivity (Wildman–Crippen MR) is 121 cm³/mol. The lowest BCUT2D eigenvalue weighted by Gasteiger charge is -2.14. The number of thioether (sulfide) groups is 1. The van der Waals surface area contributed by atoms with Gasteiger partial charge in [-0.25, -0.2) is 0 Å². The molecule has 33 heavy (non-hydrogen) atoms. The van der Waals surface area contributed by atoms with Gasteiger partial charge in [-0.2, -0.15) is 4.39 Å². The van der Waals surface area contributed by atoms with Gasteiger partial charge in [-0.3, -0.25) is 19.5 Å². The summed E-state index contributed by atoms with van der Waals surface area (Å²) in [5, 5.41) is 22.0. The van der Waals surface area contributed by atoms with Crippen molar-refractivity contribution in [2.24, 2.45) is 0 Å². The Morgan fingerprint density at radius 2 is 1.97 bits per heavy atom. The van der Waals surface area contributed by atoms with Crippen LogP contribution < -0.4 is 5.32 Å². The van der Waals surface area contributed by atoms with Crippen molar-refractivity contribution in [2.45, 2.75) is 24.3 Å². The number of anilines is 1. The first-order chi connectivity index (χ1) is 15.8. The lowest BCUT2D eigenvalue weighted by Crippen LogP contribution is -2.23. The number of furan rings is 1. The molecular formula is C22H18FN5O4S. The van der Waals surface area contributed by atoms with Crippen molar-refractivity contribution in [3.63, 3.8) is 0 Å². The summed E-state index contributed by atoms with van der Waals surface area (Å²) in [6.07, 6.45) is 1.57. The first-order valence-corrected chi connectivity index (χ1v) is 10.7. The number of aryl methyl sites for hydroxylation is 1. The second-order valence-electron chi connectivity index (χ2n) is 7.04. The SMILES string of the molecule is Cc1occc1-c1nnc(SC(C)C(=O)Nc2ccc(F)c([N+](=O)[O-])c2)n1-c1ccccc1. The minimum Gasteiger partial charge on any atom is -0.469 e. The third kappa shape index (κ3) is 4.62. The van der Waals surface area contributed by atoms with Gasteiger partial charge in [0.1, 0.15) is 5.76 Å². The van der Waals surface area contributed by atoms with Crippen LogP contribution in [0.2, 0.25) is 0 Å². The number of amides is 1. The molecule has 0 spiro atoms. The van der Waals surface area contributed by atoms with Gasteiger partial charge in [0.25, 0.3) is 0 Å². The number of nitro benzene ring substituents is 1. The number of aromatic nitrogens is 3.